The molecule has 0 fully saturated rings. The zero-order valence-corrected chi connectivity index (χ0v) is 26.5. The fraction of sp³-hybridized carbons (Fsp3) is 0.452. The van der Waals surface area contributed by atoms with Crippen LogP contribution in [0.5, 0.6) is 5.88 Å². The summed E-state index contributed by atoms with van der Waals surface area (Å²) in [5, 5.41) is 2.92. The molecule has 1 aliphatic heterocycles. The third-order valence-electron chi connectivity index (χ3n) is 7.81. The molecule has 2 atom stereocenters. The minimum absolute atomic E-state index is 0.0000340. The Kier molecular flexibility index (Phi) is 10.7. The second-order valence-electron chi connectivity index (χ2n) is 10.9. The van der Waals surface area contributed by atoms with Gasteiger partial charge < -0.3 is 25.3 Å². The number of ether oxygens (including phenoxy) is 3. The molecular formula is C31H34F6N6O5. The summed E-state index contributed by atoms with van der Waals surface area (Å²) in [6, 6.07) is 4.39. The van der Waals surface area contributed by atoms with Crippen LogP contribution in [0, 0.1) is 0 Å². The first-order valence-corrected chi connectivity index (χ1v) is 14.8. The molecule has 17 heteroatoms. The molecule has 48 heavy (non-hydrogen) atoms. The average Bonchev–Trinajstić information content (AvgIpc) is 3.03. The number of benzene rings is 1. The number of hydrogen-bond acceptors (Lipinski definition) is 10. The minimum atomic E-state index is -5.06. The molecule has 0 spiro atoms. The van der Waals surface area contributed by atoms with Crippen molar-refractivity contribution in [1.29, 1.82) is 0 Å². The number of hydrogen-bond donors (Lipinski definition) is 2. The Morgan fingerprint density at radius 3 is 2.27 bits per heavy atom. The molecule has 3 N–H and O–H groups in total. The van der Waals surface area contributed by atoms with Crippen LogP contribution in [-0.4, -0.2) is 60.0 Å². The van der Waals surface area contributed by atoms with Gasteiger partial charge in [-0.25, -0.2) is 19.7 Å². The summed E-state index contributed by atoms with van der Waals surface area (Å²) in [5.74, 6) is -1.09. The number of pyridine rings is 1. The van der Waals surface area contributed by atoms with Crippen LogP contribution in [0.2, 0.25) is 0 Å². The molecule has 0 saturated heterocycles. The van der Waals surface area contributed by atoms with Crippen LogP contribution < -0.4 is 20.7 Å². The van der Waals surface area contributed by atoms with E-state index in [1.807, 2.05) is 0 Å². The van der Waals surface area contributed by atoms with Crippen LogP contribution in [0.3, 0.4) is 0 Å². The third kappa shape index (κ3) is 7.89. The molecule has 1 aliphatic rings. The van der Waals surface area contributed by atoms with Gasteiger partial charge in [0.15, 0.2) is 0 Å². The molecular weight excluding hydrogens is 650 g/mol. The molecule has 0 aliphatic carbocycles. The Bertz CT molecular complexity index is 1620. The van der Waals surface area contributed by atoms with Gasteiger partial charge in [-0.3, -0.25) is 9.69 Å². The van der Waals surface area contributed by atoms with E-state index in [9.17, 15) is 35.9 Å². The number of rotatable bonds is 10. The summed E-state index contributed by atoms with van der Waals surface area (Å²) in [5.41, 5.74) is 2.96. The van der Waals surface area contributed by atoms with Crippen LogP contribution in [0.25, 0.3) is 0 Å². The SMILES string of the molecule is CCOC(=O)N1c2ccc(OC)nc2[C@@H](c2ncc(NCCC(=O)OC)c(Cc3cc(C(F)(F)F)cc(C(F)(F)F)c3)n2)C[C@@]1(N)CC. The van der Waals surface area contributed by atoms with Crippen LogP contribution in [-0.2, 0) is 33.0 Å². The average molecular weight is 685 g/mol. The largest absolute Gasteiger partial charge is 0.481 e. The van der Waals surface area contributed by atoms with Gasteiger partial charge in [0.2, 0.25) is 5.88 Å². The van der Waals surface area contributed by atoms with Crippen LogP contribution in [0.1, 0.15) is 72.9 Å². The van der Waals surface area contributed by atoms with Crippen molar-refractivity contribution in [3.8, 4) is 5.88 Å². The number of nitrogens with one attached hydrogen (secondary N) is 1. The van der Waals surface area contributed by atoms with Gasteiger partial charge in [-0.15, -0.1) is 0 Å². The van der Waals surface area contributed by atoms with Crippen LogP contribution in [0.4, 0.5) is 42.5 Å². The van der Waals surface area contributed by atoms with E-state index in [1.54, 1.807) is 19.9 Å². The normalized spacial score (nSPS) is 17.8. The number of amides is 1. The minimum Gasteiger partial charge on any atom is -0.481 e. The quantitative estimate of drug-likeness (QED) is 0.192. The lowest BCUT2D eigenvalue weighted by molar-refractivity contribution is -0.143. The third-order valence-corrected chi connectivity index (χ3v) is 7.81. The summed E-state index contributed by atoms with van der Waals surface area (Å²) in [6.07, 6.45) is -9.83. The van der Waals surface area contributed by atoms with Crippen molar-refractivity contribution in [3.63, 3.8) is 0 Å². The van der Waals surface area contributed by atoms with Crippen molar-refractivity contribution in [2.75, 3.05) is 37.6 Å². The first-order chi connectivity index (χ1) is 22.5. The number of halogens is 6. The number of esters is 1. The van der Waals surface area contributed by atoms with Gasteiger partial charge in [0, 0.05) is 19.0 Å². The summed E-state index contributed by atoms with van der Waals surface area (Å²) >= 11 is 0. The fourth-order valence-electron chi connectivity index (χ4n) is 5.37. The van der Waals surface area contributed by atoms with E-state index in [0.717, 1.165) is 0 Å². The predicted octanol–water partition coefficient (Wildman–Crippen LogP) is 6.05. The van der Waals surface area contributed by atoms with Crippen molar-refractivity contribution >= 4 is 23.4 Å². The Balaban J connectivity index is 1.88. The molecule has 0 saturated carbocycles. The summed E-state index contributed by atoms with van der Waals surface area (Å²) in [7, 11) is 2.59. The van der Waals surface area contributed by atoms with Crippen molar-refractivity contribution in [1.82, 2.24) is 15.0 Å². The second kappa shape index (κ2) is 14.2. The molecule has 260 valence electrons. The van der Waals surface area contributed by atoms with E-state index in [1.165, 1.54) is 31.4 Å². The number of nitrogens with zero attached hydrogens (tertiary/aromatic N) is 4. The van der Waals surface area contributed by atoms with E-state index in [2.05, 4.69) is 25.0 Å². The Morgan fingerprint density at radius 2 is 1.71 bits per heavy atom. The van der Waals surface area contributed by atoms with Gasteiger partial charge in [0.25, 0.3) is 0 Å². The van der Waals surface area contributed by atoms with Gasteiger partial charge >= 0.3 is 24.4 Å². The molecule has 2 aromatic heterocycles. The molecule has 4 rings (SSSR count). The number of methoxy groups -OCH3 is 2. The maximum Gasteiger partial charge on any atom is 0.416 e. The predicted molar refractivity (Wildman–Crippen MR) is 160 cm³/mol. The highest BCUT2D eigenvalue weighted by Gasteiger charge is 2.47. The number of aromatic nitrogens is 3. The van der Waals surface area contributed by atoms with Crippen molar-refractivity contribution in [3.05, 3.63) is 70.4 Å². The maximum atomic E-state index is 13.7. The van der Waals surface area contributed by atoms with Gasteiger partial charge in [-0.05, 0) is 49.6 Å². The van der Waals surface area contributed by atoms with Crippen molar-refractivity contribution in [2.45, 2.75) is 63.5 Å². The number of carbonyl (C=O) groups excluding carboxylic acids is 2. The Hall–Kier alpha value is -4.67. The highest BCUT2D eigenvalue weighted by molar-refractivity contribution is 5.91. The molecule has 0 bridgehead atoms. The first kappa shape index (κ1) is 36.2. The zero-order chi connectivity index (χ0) is 35.4. The second-order valence-corrected chi connectivity index (χ2v) is 10.9. The number of anilines is 2. The topological polar surface area (TPSA) is 142 Å². The van der Waals surface area contributed by atoms with Crippen LogP contribution >= 0.6 is 0 Å². The highest BCUT2D eigenvalue weighted by atomic mass is 19.4. The highest BCUT2D eigenvalue weighted by Crippen LogP contribution is 2.45. The number of alkyl halides is 6. The van der Waals surface area contributed by atoms with Gasteiger partial charge in [-0.2, -0.15) is 26.3 Å². The number of carbonyl (C=O) groups is 2. The van der Waals surface area contributed by atoms with E-state index >= 15 is 0 Å². The van der Waals surface area contributed by atoms with Gasteiger partial charge in [0.1, 0.15) is 11.5 Å². The first-order valence-electron chi connectivity index (χ1n) is 14.8. The molecule has 11 nitrogen and oxygen atoms in total. The number of fused-ring (bicyclic) bond motifs is 1. The molecule has 1 aromatic carbocycles. The lowest BCUT2D eigenvalue weighted by Gasteiger charge is -2.46. The van der Waals surface area contributed by atoms with Gasteiger partial charge in [0.05, 0.1) is 73.3 Å². The van der Waals surface area contributed by atoms with Crippen molar-refractivity contribution in [2.24, 2.45) is 5.73 Å². The van der Waals surface area contributed by atoms with E-state index < -0.39 is 53.5 Å². The Labute approximate surface area is 271 Å². The summed E-state index contributed by atoms with van der Waals surface area (Å²) in [4.78, 5) is 39.8. The molecule has 3 aromatic rings. The summed E-state index contributed by atoms with van der Waals surface area (Å²) < 4.78 is 97.2. The zero-order valence-electron chi connectivity index (χ0n) is 26.5. The lowest BCUT2D eigenvalue weighted by atomic mass is 9.83. The number of nitrogens with two attached hydrogens (primary N) is 1. The molecule has 0 unspecified atom stereocenters. The monoisotopic (exact) mass is 684 g/mol. The van der Waals surface area contributed by atoms with E-state index in [-0.39, 0.29) is 78.5 Å². The van der Waals surface area contributed by atoms with Gasteiger partial charge in [-0.1, -0.05) is 6.92 Å². The Morgan fingerprint density at radius 1 is 1.04 bits per heavy atom. The molecule has 0 radical (unpaired) electrons. The smallest absolute Gasteiger partial charge is 0.416 e. The molecule has 1 amide bonds. The lowest BCUT2D eigenvalue weighted by Crippen LogP contribution is -2.61. The summed E-state index contributed by atoms with van der Waals surface area (Å²) in [6.45, 7) is 3.47. The van der Waals surface area contributed by atoms with E-state index in [4.69, 9.17) is 15.2 Å². The standard InChI is InChI=1S/C31H34F6N6O5/c1-5-29(38)15-20(26-23(7-8-24(42-26)46-3)43(29)28(45)48-6-2)27-40-16-22(39-10-9-25(44)47-4)21(41-27)13-17-11-18(30(32,33)34)14-19(12-17)31(35,36)37/h7-8,11-12,14,16,20,39H,5-6,9-10,13,15,38H2,1-4H3/t20-,29+/m0/s1. The fourth-order valence-corrected chi connectivity index (χ4v) is 5.37. The van der Waals surface area contributed by atoms with Crippen LogP contribution in [0.15, 0.2) is 36.5 Å². The van der Waals surface area contributed by atoms with Crippen molar-refractivity contribution < 1.29 is 50.1 Å². The molecule has 3 heterocycles. The maximum absolute atomic E-state index is 13.7. The van der Waals surface area contributed by atoms with E-state index in [0.29, 0.717) is 12.1 Å².